The molecular weight excluding hydrogens is 311 g/mol. The highest BCUT2D eigenvalue weighted by Crippen LogP contribution is 2.38. The lowest BCUT2D eigenvalue weighted by molar-refractivity contribution is 0.411. The molecule has 0 aromatic heterocycles. The highest BCUT2D eigenvalue weighted by molar-refractivity contribution is 8.00. The van der Waals surface area contributed by atoms with Crippen molar-refractivity contribution in [3.05, 3.63) is 24.0 Å². The summed E-state index contributed by atoms with van der Waals surface area (Å²) >= 11 is 1.82. The summed E-state index contributed by atoms with van der Waals surface area (Å²) in [4.78, 5) is -0.206. The Morgan fingerprint density at radius 3 is 2.52 bits per heavy atom. The van der Waals surface area contributed by atoms with Gasteiger partial charge in [0.05, 0.1) is 10.6 Å². The number of benzene rings is 1. The van der Waals surface area contributed by atoms with Gasteiger partial charge in [0.1, 0.15) is 5.82 Å². The van der Waals surface area contributed by atoms with Gasteiger partial charge in [-0.15, -0.1) is 0 Å². The number of halogens is 1. The molecule has 1 saturated carbocycles. The number of primary sulfonamides is 1. The normalized spacial score (nSPS) is 18.4. The zero-order valence-corrected chi connectivity index (χ0v) is 13.7. The maximum absolute atomic E-state index is 14.0. The van der Waals surface area contributed by atoms with Crippen LogP contribution >= 0.6 is 11.8 Å². The molecule has 3 N–H and O–H groups in total. The standard InChI is InChI=1S/C14H21FN2O2S2/c1-20-14(7-3-2-4-8-14)10-17-13-6-5-11(9-12(13)15)21(16,18)19/h5-6,9,17H,2-4,7-8,10H2,1H3,(H2,16,18,19). The SMILES string of the molecule is CSC1(CNc2ccc(S(N)(=O)=O)cc2F)CCCCC1. The summed E-state index contributed by atoms with van der Waals surface area (Å²) in [6, 6.07) is 3.73. The van der Waals surface area contributed by atoms with Crippen LogP contribution in [0.25, 0.3) is 0 Å². The minimum atomic E-state index is -3.87. The Morgan fingerprint density at radius 2 is 2.00 bits per heavy atom. The number of rotatable bonds is 5. The molecular formula is C14H21FN2O2S2. The average molecular weight is 332 g/mol. The van der Waals surface area contributed by atoms with E-state index in [0.29, 0.717) is 12.2 Å². The van der Waals surface area contributed by atoms with E-state index >= 15 is 0 Å². The number of nitrogens with one attached hydrogen (secondary N) is 1. The van der Waals surface area contributed by atoms with Crippen molar-refractivity contribution in [3.8, 4) is 0 Å². The second kappa shape index (κ2) is 6.54. The van der Waals surface area contributed by atoms with Crippen LogP contribution in [0.5, 0.6) is 0 Å². The first-order valence-corrected chi connectivity index (χ1v) is 9.75. The lowest BCUT2D eigenvalue weighted by Crippen LogP contribution is -2.35. The zero-order valence-electron chi connectivity index (χ0n) is 12.1. The Kier molecular flexibility index (Phi) is 5.16. The van der Waals surface area contributed by atoms with Crippen LogP contribution < -0.4 is 10.5 Å². The average Bonchev–Trinajstić information content (AvgIpc) is 2.46. The van der Waals surface area contributed by atoms with Gasteiger partial charge in [0.25, 0.3) is 0 Å². The van der Waals surface area contributed by atoms with E-state index in [0.717, 1.165) is 18.9 Å². The third kappa shape index (κ3) is 4.11. The Labute approximate surface area is 129 Å². The van der Waals surface area contributed by atoms with Crippen molar-refractivity contribution in [2.24, 2.45) is 5.14 Å². The first kappa shape index (κ1) is 16.6. The van der Waals surface area contributed by atoms with E-state index in [4.69, 9.17) is 5.14 Å². The molecule has 0 bridgehead atoms. The summed E-state index contributed by atoms with van der Waals surface area (Å²) < 4.78 is 36.5. The summed E-state index contributed by atoms with van der Waals surface area (Å²) in [5.41, 5.74) is 0.321. The van der Waals surface area contributed by atoms with Gasteiger partial charge in [0.2, 0.25) is 10.0 Å². The molecule has 21 heavy (non-hydrogen) atoms. The van der Waals surface area contributed by atoms with Crippen LogP contribution in [0.3, 0.4) is 0 Å². The van der Waals surface area contributed by atoms with E-state index in [-0.39, 0.29) is 9.64 Å². The van der Waals surface area contributed by atoms with E-state index in [9.17, 15) is 12.8 Å². The molecule has 4 nitrogen and oxygen atoms in total. The molecule has 2 rings (SSSR count). The maximum Gasteiger partial charge on any atom is 0.238 e. The summed E-state index contributed by atoms with van der Waals surface area (Å²) in [5, 5.41) is 8.11. The third-order valence-electron chi connectivity index (χ3n) is 4.07. The van der Waals surface area contributed by atoms with Crippen LogP contribution in [-0.4, -0.2) is 26.0 Å². The van der Waals surface area contributed by atoms with Crippen molar-refractivity contribution in [1.29, 1.82) is 0 Å². The molecule has 118 valence electrons. The Balaban J connectivity index is 2.09. The topological polar surface area (TPSA) is 72.2 Å². The Bertz CT molecular complexity index is 599. The van der Waals surface area contributed by atoms with Crippen LogP contribution in [0.1, 0.15) is 32.1 Å². The molecule has 7 heteroatoms. The van der Waals surface area contributed by atoms with Crippen molar-refractivity contribution < 1.29 is 12.8 Å². The van der Waals surface area contributed by atoms with Gasteiger partial charge in [-0.1, -0.05) is 19.3 Å². The Morgan fingerprint density at radius 1 is 1.33 bits per heavy atom. The molecule has 0 spiro atoms. The molecule has 0 saturated heterocycles. The summed E-state index contributed by atoms with van der Waals surface area (Å²) in [6.45, 7) is 0.680. The number of nitrogens with two attached hydrogens (primary N) is 1. The lowest BCUT2D eigenvalue weighted by Gasteiger charge is -2.36. The van der Waals surface area contributed by atoms with Gasteiger partial charge < -0.3 is 5.32 Å². The molecule has 1 fully saturated rings. The fourth-order valence-electron chi connectivity index (χ4n) is 2.72. The second-order valence-corrected chi connectivity index (χ2v) is 8.32. The lowest BCUT2D eigenvalue weighted by atomic mass is 9.88. The molecule has 1 aromatic carbocycles. The molecule has 1 aliphatic rings. The van der Waals surface area contributed by atoms with E-state index in [2.05, 4.69) is 11.6 Å². The molecule has 1 aromatic rings. The van der Waals surface area contributed by atoms with Gasteiger partial charge >= 0.3 is 0 Å². The first-order chi connectivity index (χ1) is 9.86. The van der Waals surface area contributed by atoms with Crippen LogP contribution in [0.4, 0.5) is 10.1 Å². The number of anilines is 1. The zero-order chi connectivity index (χ0) is 15.5. The first-order valence-electron chi connectivity index (χ1n) is 6.98. The number of hydrogen-bond acceptors (Lipinski definition) is 4. The van der Waals surface area contributed by atoms with Gasteiger partial charge in [-0.05, 0) is 37.3 Å². The number of hydrogen-bond donors (Lipinski definition) is 2. The van der Waals surface area contributed by atoms with Gasteiger partial charge in [0.15, 0.2) is 0 Å². The molecule has 0 aliphatic heterocycles. The predicted molar refractivity (Wildman–Crippen MR) is 85.6 cm³/mol. The molecule has 1 aliphatic carbocycles. The molecule has 0 radical (unpaired) electrons. The van der Waals surface area contributed by atoms with Crippen molar-refractivity contribution in [1.82, 2.24) is 0 Å². The van der Waals surface area contributed by atoms with Crippen molar-refractivity contribution in [2.45, 2.75) is 41.7 Å². The van der Waals surface area contributed by atoms with Crippen molar-refractivity contribution in [3.63, 3.8) is 0 Å². The molecule has 0 amide bonds. The fraction of sp³-hybridized carbons (Fsp3) is 0.571. The predicted octanol–water partition coefficient (Wildman–Crippen LogP) is 2.95. The highest BCUT2D eigenvalue weighted by Gasteiger charge is 2.31. The largest absolute Gasteiger partial charge is 0.381 e. The van der Waals surface area contributed by atoms with Crippen LogP contribution in [0, 0.1) is 5.82 Å². The summed E-state index contributed by atoms with van der Waals surface area (Å²) in [5.74, 6) is -0.589. The molecule has 0 heterocycles. The summed E-state index contributed by atoms with van der Waals surface area (Å²) in [7, 11) is -3.87. The fourth-order valence-corrected chi connectivity index (χ4v) is 4.16. The minimum absolute atomic E-state index is 0.142. The molecule has 0 atom stereocenters. The van der Waals surface area contributed by atoms with Crippen LogP contribution in [-0.2, 0) is 10.0 Å². The van der Waals surface area contributed by atoms with Crippen molar-refractivity contribution in [2.75, 3.05) is 18.1 Å². The van der Waals surface area contributed by atoms with E-state index in [1.54, 1.807) is 0 Å². The van der Waals surface area contributed by atoms with Gasteiger partial charge in [0, 0.05) is 11.3 Å². The Hall–Kier alpha value is -0.790. The van der Waals surface area contributed by atoms with E-state index in [1.807, 2.05) is 11.8 Å². The van der Waals surface area contributed by atoms with E-state index < -0.39 is 15.8 Å². The quantitative estimate of drug-likeness (QED) is 0.869. The monoisotopic (exact) mass is 332 g/mol. The van der Waals surface area contributed by atoms with Crippen LogP contribution in [0.15, 0.2) is 23.1 Å². The number of sulfonamides is 1. The highest BCUT2D eigenvalue weighted by atomic mass is 32.2. The van der Waals surface area contributed by atoms with Gasteiger partial charge in [-0.3, -0.25) is 0 Å². The third-order valence-corrected chi connectivity index (χ3v) is 6.40. The van der Waals surface area contributed by atoms with Crippen molar-refractivity contribution >= 4 is 27.5 Å². The summed E-state index contributed by atoms with van der Waals surface area (Å²) in [6.07, 6.45) is 8.01. The maximum atomic E-state index is 14.0. The number of thioether (sulfide) groups is 1. The smallest absolute Gasteiger partial charge is 0.238 e. The minimum Gasteiger partial charge on any atom is -0.381 e. The van der Waals surface area contributed by atoms with E-state index in [1.165, 1.54) is 31.4 Å². The second-order valence-electron chi connectivity index (χ2n) is 5.49. The van der Waals surface area contributed by atoms with Gasteiger partial charge in [-0.2, -0.15) is 11.8 Å². The molecule has 0 unspecified atom stereocenters. The van der Waals surface area contributed by atoms with Gasteiger partial charge in [-0.25, -0.2) is 17.9 Å². The van der Waals surface area contributed by atoms with Crippen LogP contribution in [0.2, 0.25) is 0 Å².